The first kappa shape index (κ1) is 32.7. The zero-order valence-corrected chi connectivity index (χ0v) is 31.8. The molecule has 0 saturated carbocycles. The molecule has 0 spiro atoms. The van der Waals surface area contributed by atoms with Gasteiger partial charge in [-0.1, -0.05) is 141 Å². The van der Waals surface area contributed by atoms with Crippen molar-refractivity contribution in [2.24, 2.45) is 0 Å². The molecule has 0 amide bonds. The van der Waals surface area contributed by atoms with Gasteiger partial charge in [-0.15, -0.1) is 11.3 Å². The van der Waals surface area contributed by atoms with E-state index in [1.54, 1.807) is 0 Å². The van der Waals surface area contributed by atoms with Gasteiger partial charge in [0.15, 0.2) is 5.58 Å². The van der Waals surface area contributed by atoms with Gasteiger partial charge in [0.2, 0.25) is 5.89 Å². The van der Waals surface area contributed by atoms with Crippen molar-refractivity contribution in [3.8, 4) is 44.8 Å². The van der Waals surface area contributed by atoms with Crippen LogP contribution >= 0.6 is 11.3 Å². The number of rotatable bonds is 6. The number of fused-ring (bicyclic) bond motifs is 7. The summed E-state index contributed by atoms with van der Waals surface area (Å²) in [6.45, 7) is 4.68. The summed E-state index contributed by atoms with van der Waals surface area (Å²) in [4.78, 5) is 7.31. The Balaban J connectivity index is 1.04. The van der Waals surface area contributed by atoms with Gasteiger partial charge >= 0.3 is 0 Å². The van der Waals surface area contributed by atoms with Crippen molar-refractivity contribution in [1.82, 2.24) is 4.98 Å². The Bertz CT molecular complexity index is 3100. The van der Waals surface area contributed by atoms with Gasteiger partial charge in [-0.25, -0.2) is 4.98 Å². The smallest absolute Gasteiger partial charge is 0.227 e. The maximum atomic E-state index is 6.25. The molecule has 10 aromatic rings. The lowest BCUT2D eigenvalue weighted by Gasteiger charge is -2.28. The summed E-state index contributed by atoms with van der Waals surface area (Å²) in [5.41, 5.74) is 15.9. The molecule has 0 atom stereocenters. The maximum absolute atomic E-state index is 6.25. The van der Waals surface area contributed by atoms with Crippen LogP contribution in [0.4, 0.5) is 17.1 Å². The standard InChI is InChI=1S/C52H36N2OS/c1-52(2)45-22-10-9-17-41(45)42-29-27-37(31-46(42)52)54(38-28-30-48-47(32-38)53-51(55-48)35-15-7-4-8-16-35)36-25-23-34(24-26-36)40-19-12-21-44-43-20-11-18-39(49(43)56-50(40)44)33-13-5-3-6-14-33/h3-32H,1-2H3. The molecule has 2 aromatic heterocycles. The average molecular weight is 737 g/mol. The first-order valence-electron chi connectivity index (χ1n) is 19.1. The van der Waals surface area contributed by atoms with Crippen molar-refractivity contribution in [3.05, 3.63) is 193 Å². The predicted octanol–water partition coefficient (Wildman–Crippen LogP) is 15.0. The Labute approximate surface area is 329 Å². The Hall–Kier alpha value is -6.75. The topological polar surface area (TPSA) is 29.3 Å². The largest absolute Gasteiger partial charge is 0.436 e. The highest BCUT2D eigenvalue weighted by Gasteiger charge is 2.35. The third-order valence-corrected chi connectivity index (χ3v) is 12.8. The van der Waals surface area contributed by atoms with Gasteiger partial charge in [0, 0.05) is 48.2 Å². The van der Waals surface area contributed by atoms with E-state index >= 15 is 0 Å². The molecule has 0 radical (unpaired) electrons. The number of hydrogen-bond donors (Lipinski definition) is 0. The minimum absolute atomic E-state index is 0.124. The number of benzene rings is 8. The van der Waals surface area contributed by atoms with Crippen LogP contribution in [0.3, 0.4) is 0 Å². The van der Waals surface area contributed by atoms with Crippen LogP contribution in [-0.4, -0.2) is 4.98 Å². The fraction of sp³-hybridized carbons (Fsp3) is 0.0577. The lowest BCUT2D eigenvalue weighted by molar-refractivity contribution is 0.620. The highest BCUT2D eigenvalue weighted by Crippen LogP contribution is 2.51. The van der Waals surface area contributed by atoms with Crippen molar-refractivity contribution < 1.29 is 4.42 Å². The number of nitrogens with zero attached hydrogens (tertiary/aromatic N) is 2. The minimum atomic E-state index is -0.124. The van der Waals surface area contributed by atoms with Crippen molar-refractivity contribution in [2.75, 3.05) is 4.90 Å². The van der Waals surface area contributed by atoms with Gasteiger partial charge in [0.05, 0.1) is 0 Å². The van der Waals surface area contributed by atoms with E-state index in [-0.39, 0.29) is 5.41 Å². The molecule has 0 fully saturated rings. The highest BCUT2D eigenvalue weighted by molar-refractivity contribution is 7.26. The van der Waals surface area contributed by atoms with Gasteiger partial charge < -0.3 is 9.32 Å². The van der Waals surface area contributed by atoms with Gasteiger partial charge in [0.1, 0.15) is 5.52 Å². The Morgan fingerprint density at radius 1 is 0.464 bits per heavy atom. The molecule has 3 nitrogen and oxygen atoms in total. The van der Waals surface area contributed by atoms with Crippen LogP contribution in [-0.2, 0) is 5.41 Å². The van der Waals surface area contributed by atoms with E-state index in [2.05, 4.69) is 164 Å². The fourth-order valence-corrected chi connectivity index (χ4v) is 10.1. The minimum Gasteiger partial charge on any atom is -0.436 e. The number of anilines is 3. The predicted molar refractivity (Wildman–Crippen MR) is 235 cm³/mol. The summed E-state index contributed by atoms with van der Waals surface area (Å²) >= 11 is 1.89. The zero-order chi connectivity index (χ0) is 37.4. The zero-order valence-electron chi connectivity index (χ0n) is 31.0. The van der Waals surface area contributed by atoms with E-state index in [0.29, 0.717) is 5.89 Å². The molecule has 11 rings (SSSR count). The summed E-state index contributed by atoms with van der Waals surface area (Å²) in [5, 5.41) is 2.60. The van der Waals surface area contributed by atoms with Crippen molar-refractivity contribution >= 4 is 59.7 Å². The summed E-state index contributed by atoms with van der Waals surface area (Å²) in [6, 6.07) is 65.4. The Morgan fingerprint density at radius 3 is 1.73 bits per heavy atom. The molecule has 56 heavy (non-hydrogen) atoms. The van der Waals surface area contributed by atoms with Crippen LogP contribution in [0.5, 0.6) is 0 Å². The Kier molecular flexibility index (Phi) is 7.38. The second-order valence-electron chi connectivity index (χ2n) is 15.2. The average Bonchev–Trinajstić information content (AvgIpc) is 3.92. The summed E-state index contributed by atoms with van der Waals surface area (Å²) in [7, 11) is 0. The highest BCUT2D eigenvalue weighted by atomic mass is 32.1. The molecular formula is C52H36N2OS. The molecule has 0 unspecified atom stereocenters. The second kappa shape index (κ2) is 12.7. The molecule has 8 aromatic carbocycles. The molecule has 0 N–H and O–H groups in total. The van der Waals surface area contributed by atoms with Crippen LogP contribution in [0.15, 0.2) is 186 Å². The quantitative estimate of drug-likeness (QED) is 0.170. The second-order valence-corrected chi connectivity index (χ2v) is 16.2. The summed E-state index contributed by atoms with van der Waals surface area (Å²) in [5.74, 6) is 0.622. The normalized spacial score (nSPS) is 13.0. The van der Waals surface area contributed by atoms with Crippen LogP contribution in [0.2, 0.25) is 0 Å². The number of thiophene rings is 1. The molecule has 266 valence electrons. The van der Waals surface area contributed by atoms with Gasteiger partial charge in [-0.2, -0.15) is 0 Å². The molecule has 4 heteroatoms. The SMILES string of the molecule is CC1(C)c2ccccc2-c2ccc(N(c3ccc(-c4cccc5c4sc4c(-c6ccccc6)cccc45)cc3)c3ccc4oc(-c5ccccc5)nc4c3)cc21. The van der Waals surface area contributed by atoms with Gasteiger partial charge in [-0.3, -0.25) is 0 Å². The fourth-order valence-electron chi connectivity index (χ4n) is 8.72. The molecule has 2 heterocycles. The lowest BCUT2D eigenvalue weighted by Crippen LogP contribution is -2.16. The van der Waals surface area contributed by atoms with Gasteiger partial charge in [0.25, 0.3) is 0 Å². The first-order valence-corrected chi connectivity index (χ1v) is 19.9. The monoisotopic (exact) mass is 736 g/mol. The van der Waals surface area contributed by atoms with E-state index in [9.17, 15) is 0 Å². The molecular weight excluding hydrogens is 701 g/mol. The van der Waals surface area contributed by atoms with Crippen LogP contribution in [0.1, 0.15) is 25.0 Å². The van der Waals surface area contributed by atoms with E-state index in [1.807, 2.05) is 47.7 Å². The number of oxazole rings is 1. The number of aromatic nitrogens is 1. The molecule has 0 saturated heterocycles. The number of hydrogen-bond acceptors (Lipinski definition) is 4. The lowest BCUT2D eigenvalue weighted by atomic mass is 9.82. The molecule has 0 aliphatic heterocycles. The van der Waals surface area contributed by atoms with Crippen LogP contribution < -0.4 is 4.90 Å². The van der Waals surface area contributed by atoms with Crippen molar-refractivity contribution in [1.29, 1.82) is 0 Å². The van der Waals surface area contributed by atoms with Crippen molar-refractivity contribution in [2.45, 2.75) is 19.3 Å². The third kappa shape index (κ3) is 5.14. The maximum Gasteiger partial charge on any atom is 0.227 e. The first-order chi connectivity index (χ1) is 27.5. The summed E-state index contributed by atoms with van der Waals surface area (Å²) in [6.07, 6.45) is 0. The molecule has 0 bridgehead atoms. The summed E-state index contributed by atoms with van der Waals surface area (Å²) < 4.78 is 8.88. The van der Waals surface area contributed by atoms with Crippen molar-refractivity contribution in [3.63, 3.8) is 0 Å². The third-order valence-electron chi connectivity index (χ3n) is 11.5. The van der Waals surface area contributed by atoms with Gasteiger partial charge in [-0.05, 0) is 99.1 Å². The van der Waals surface area contributed by atoms with E-state index in [1.165, 1.54) is 64.7 Å². The van der Waals surface area contributed by atoms with Crippen LogP contribution in [0.25, 0.3) is 76.1 Å². The van der Waals surface area contributed by atoms with Crippen LogP contribution in [0, 0.1) is 0 Å². The van der Waals surface area contributed by atoms with E-state index in [4.69, 9.17) is 9.40 Å². The van der Waals surface area contributed by atoms with E-state index in [0.717, 1.165) is 33.7 Å². The molecule has 1 aliphatic carbocycles. The molecule has 1 aliphatic rings. The van der Waals surface area contributed by atoms with E-state index < -0.39 is 0 Å². The Morgan fingerprint density at radius 2 is 1.02 bits per heavy atom.